The van der Waals surface area contributed by atoms with Gasteiger partial charge in [-0.1, -0.05) is 27.5 Å². The first-order valence-electron chi connectivity index (χ1n) is 5.11. The number of nitrogens with zero attached hydrogens (tertiary/aromatic N) is 2. The first-order chi connectivity index (χ1) is 8.54. The van der Waals surface area contributed by atoms with Crippen molar-refractivity contribution in [2.75, 3.05) is 5.32 Å². The average Bonchev–Trinajstić information content (AvgIpc) is 2.31. The molecule has 0 unspecified atom stereocenters. The minimum absolute atomic E-state index is 0.240. The molecular formula is C12H9BrClN3O. The van der Waals surface area contributed by atoms with E-state index < -0.39 is 0 Å². The molecule has 92 valence electrons. The Kier molecular flexibility index (Phi) is 3.93. The molecule has 1 heterocycles. The van der Waals surface area contributed by atoms with E-state index in [-0.39, 0.29) is 11.1 Å². The number of nitrogens with one attached hydrogen (secondary N) is 1. The number of carbonyl (C=O) groups is 1. The number of aryl methyl sites for hydroxylation is 1. The fourth-order valence-electron chi connectivity index (χ4n) is 1.43. The maximum atomic E-state index is 12.0. The van der Waals surface area contributed by atoms with Gasteiger partial charge in [0.1, 0.15) is 5.15 Å². The number of carbonyl (C=O) groups excluding carboxylic acids is 1. The summed E-state index contributed by atoms with van der Waals surface area (Å²) in [4.78, 5) is 19.8. The number of aromatic nitrogens is 2. The zero-order valence-electron chi connectivity index (χ0n) is 9.45. The van der Waals surface area contributed by atoms with Gasteiger partial charge >= 0.3 is 0 Å². The molecule has 0 aliphatic rings. The molecule has 2 aromatic rings. The molecule has 0 aliphatic heterocycles. The number of benzene rings is 1. The van der Waals surface area contributed by atoms with E-state index in [0.717, 1.165) is 10.0 Å². The highest BCUT2D eigenvalue weighted by molar-refractivity contribution is 9.10. The molecule has 0 saturated carbocycles. The van der Waals surface area contributed by atoms with Crippen LogP contribution in [0, 0.1) is 6.92 Å². The summed E-state index contributed by atoms with van der Waals surface area (Å²) in [5, 5.41) is 2.93. The summed E-state index contributed by atoms with van der Waals surface area (Å²) in [5.74, 6) is 0.123. The van der Waals surface area contributed by atoms with Crippen molar-refractivity contribution in [1.82, 2.24) is 9.97 Å². The van der Waals surface area contributed by atoms with Gasteiger partial charge in [0.25, 0.3) is 5.91 Å². The van der Waals surface area contributed by atoms with Crippen LogP contribution in [0.15, 0.2) is 35.1 Å². The summed E-state index contributed by atoms with van der Waals surface area (Å²) in [6.45, 7) is 1.92. The van der Waals surface area contributed by atoms with Gasteiger partial charge in [-0.05, 0) is 30.7 Å². The van der Waals surface area contributed by atoms with Gasteiger partial charge in [-0.3, -0.25) is 4.79 Å². The second-order valence-corrected chi connectivity index (χ2v) is 5.00. The predicted molar refractivity (Wildman–Crippen MR) is 73.9 cm³/mol. The molecule has 0 aliphatic carbocycles. The van der Waals surface area contributed by atoms with E-state index in [1.807, 2.05) is 13.0 Å². The molecule has 4 nitrogen and oxygen atoms in total. The molecule has 0 bridgehead atoms. The minimum atomic E-state index is -0.240. The van der Waals surface area contributed by atoms with Crippen molar-refractivity contribution in [3.8, 4) is 0 Å². The fraction of sp³-hybridized carbons (Fsp3) is 0.0833. The van der Waals surface area contributed by atoms with Gasteiger partial charge in [0, 0.05) is 10.0 Å². The van der Waals surface area contributed by atoms with Crippen LogP contribution in [0.1, 0.15) is 15.9 Å². The van der Waals surface area contributed by atoms with Crippen LogP contribution in [0.3, 0.4) is 0 Å². The molecular weight excluding hydrogens is 318 g/mol. The molecule has 0 saturated heterocycles. The van der Waals surface area contributed by atoms with Crippen LogP contribution in [0.2, 0.25) is 5.15 Å². The second-order valence-electron chi connectivity index (χ2n) is 3.70. The number of hydrogen-bond acceptors (Lipinski definition) is 3. The fourth-order valence-corrected chi connectivity index (χ4v) is 2.14. The summed E-state index contributed by atoms with van der Waals surface area (Å²) >= 11 is 8.97. The summed E-state index contributed by atoms with van der Waals surface area (Å²) in [6.07, 6.45) is 2.79. The highest BCUT2D eigenvalue weighted by Crippen LogP contribution is 2.16. The lowest BCUT2D eigenvalue weighted by atomic mass is 10.1. The predicted octanol–water partition coefficient (Wildman–Crippen LogP) is 3.45. The van der Waals surface area contributed by atoms with E-state index in [0.29, 0.717) is 11.4 Å². The van der Waals surface area contributed by atoms with Crippen molar-refractivity contribution in [3.63, 3.8) is 0 Å². The molecule has 1 amide bonds. The van der Waals surface area contributed by atoms with Crippen molar-refractivity contribution in [2.24, 2.45) is 0 Å². The summed E-state index contributed by atoms with van der Waals surface area (Å²) in [5.41, 5.74) is 1.55. The molecule has 1 aromatic carbocycles. The Balaban J connectivity index is 2.19. The van der Waals surface area contributed by atoms with E-state index in [2.05, 4.69) is 31.2 Å². The van der Waals surface area contributed by atoms with E-state index in [4.69, 9.17) is 11.6 Å². The topological polar surface area (TPSA) is 54.9 Å². The molecule has 18 heavy (non-hydrogen) atoms. The van der Waals surface area contributed by atoms with Crippen LogP contribution in [0.4, 0.5) is 5.82 Å². The molecule has 0 radical (unpaired) electrons. The maximum Gasteiger partial charge on any atom is 0.256 e. The van der Waals surface area contributed by atoms with Crippen LogP contribution >= 0.6 is 27.5 Å². The van der Waals surface area contributed by atoms with Crippen molar-refractivity contribution in [3.05, 3.63) is 51.3 Å². The van der Waals surface area contributed by atoms with Gasteiger partial charge in [0.2, 0.25) is 0 Å². The second kappa shape index (κ2) is 5.46. The van der Waals surface area contributed by atoms with Gasteiger partial charge in [-0.2, -0.15) is 0 Å². The Morgan fingerprint density at radius 1 is 1.28 bits per heavy atom. The van der Waals surface area contributed by atoms with Gasteiger partial charge in [0.05, 0.1) is 12.4 Å². The number of hydrogen-bond donors (Lipinski definition) is 1. The van der Waals surface area contributed by atoms with Gasteiger partial charge in [-0.25, -0.2) is 9.97 Å². The van der Waals surface area contributed by atoms with E-state index in [1.54, 1.807) is 12.1 Å². The lowest BCUT2D eigenvalue weighted by molar-refractivity contribution is 0.102. The first-order valence-corrected chi connectivity index (χ1v) is 6.28. The zero-order valence-corrected chi connectivity index (χ0v) is 11.8. The maximum absolute atomic E-state index is 12.0. The smallest absolute Gasteiger partial charge is 0.256 e. The monoisotopic (exact) mass is 325 g/mol. The number of rotatable bonds is 2. The molecule has 2 rings (SSSR count). The Bertz CT molecular complexity index is 566. The van der Waals surface area contributed by atoms with Crippen molar-refractivity contribution in [1.29, 1.82) is 0 Å². The van der Waals surface area contributed by atoms with Crippen LogP contribution in [-0.4, -0.2) is 15.9 Å². The van der Waals surface area contributed by atoms with E-state index in [1.165, 1.54) is 12.4 Å². The summed E-state index contributed by atoms with van der Waals surface area (Å²) < 4.78 is 0.856. The van der Waals surface area contributed by atoms with E-state index in [9.17, 15) is 4.79 Å². The molecule has 0 atom stereocenters. The van der Waals surface area contributed by atoms with Crippen molar-refractivity contribution >= 4 is 39.3 Å². The highest BCUT2D eigenvalue weighted by atomic mass is 79.9. The molecule has 1 aromatic heterocycles. The lowest BCUT2D eigenvalue weighted by Crippen LogP contribution is -2.13. The third kappa shape index (κ3) is 3.27. The van der Waals surface area contributed by atoms with E-state index >= 15 is 0 Å². The number of halogens is 2. The third-order valence-electron chi connectivity index (χ3n) is 2.17. The molecule has 0 spiro atoms. The Labute approximate surface area is 118 Å². The molecule has 6 heteroatoms. The highest BCUT2D eigenvalue weighted by Gasteiger charge is 2.08. The SMILES string of the molecule is Cc1cc(Br)cc(C(=O)Nc2cnc(Cl)cn2)c1. The quantitative estimate of drug-likeness (QED) is 0.919. The summed E-state index contributed by atoms with van der Waals surface area (Å²) in [7, 11) is 0. The van der Waals surface area contributed by atoms with Crippen LogP contribution in [-0.2, 0) is 0 Å². The molecule has 1 N–H and O–H groups in total. The van der Waals surface area contributed by atoms with Crippen molar-refractivity contribution in [2.45, 2.75) is 6.92 Å². The number of amides is 1. The zero-order chi connectivity index (χ0) is 13.1. The first kappa shape index (κ1) is 13.0. The average molecular weight is 327 g/mol. The minimum Gasteiger partial charge on any atom is -0.305 e. The van der Waals surface area contributed by atoms with Gasteiger partial charge in [0.15, 0.2) is 5.82 Å². The largest absolute Gasteiger partial charge is 0.305 e. The third-order valence-corrected chi connectivity index (χ3v) is 2.82. The van der Waals surface area contributed by atoms with Crippen molar-refractivity contribution < 1.29 is 4.79 Å². The summed E-state index contributed by atoms with van der Waals surface area (Å²) in [6, 6.07) is 5.47. The Morgan fingerprint density at radius 3 is 2.67 bits per heavy atom. The normalized spacial score (nSPS) is 10.2. The van der Waals surface area contributed by atoms with Gasteiger partial charge in [-0.15, -0.1) is 0 Å². The van der Waals surface area contributed by atoms with Crippen LogP contribution in [0.5, 0.6) is 0 Å². The molecule has 0 fully saturated rings. The standard InChI is InChI=1S/C12H9BrClN3O/c1-7-2-8(4-9(13)3-7)12(18)17-11-6-15-10(14)5-16-11/h2-6H,1H3,(H,16,17,18). The number of anilines is 1. The van der Waals surface area contributed by atoms with Crippen LogP contribution < -0.4 is 5.32 Å². The lowest BCUT2D eigenvalue weighted by Gasteiger charge is -2.05. The van der Waals surface area contributed by atoms with Crippen LogP contribution in [0.25, 0.3) is 0 Å². The Hall–Kier alpha value is -1.46. The van der Waals surface area contributed by atoms with Gasteiger partial charge < -0.3 is 5.32 Å². The Morgan fingerprint density at radius 2 is 2.06 bits per heavy atom.